The first-order chi connectivity index (χ1) is 12.6. The minimum Gasteiger partial charge on any atom is -0.495 e. The molecule has 1 aliphatic rings. The first-order valence-corrected chi connectivity index (χ1v) is 8.72. The highest BCUT2D eigenvalue weighted by molar-refractivity contribution is 6.31. The Kier molecular flexibility index (Phi) is 5.73. The van der Waals surface area contributed by atoms with Crippen molar-refractivity contribution in [1.29, 1.82) is 0 Å². The summed E-state index contributed by atoms with van der Waals surface area (Å²) in [7, 11) is 1.58. The van der Waals surface area contributed by atoms with E-state index in [-0.39, 0.29) is 5.91 Å². The van der Waals surface area contributed by atoms with Crippen LogP contribution >= 0.6 is 11.6 Å². The molecule has 0 aromatic heterocycles. The highest BCUT2D eigenvalue weighted by Crippen LogP contribution is 2.33. The van der Waals surface area contributed by atoms with E-state index < -0.39 is 0 Å². The second-order valence-electron chi connectivity index (χ2n) is 5.89. The van der Waals surface area contributed by atoms with Crippen molar-refractivity contribution >= 4 is 28.9 Å². The van der Waals surface area contributed by atoms with Gasteiger partial charge in [-0.05, 0) is 30.7 Å². The van der Waals surface area contributed by atoms with Gasteiger partial charge in [0.25, 0.3) is 0 Å². The molecule has 0 spiro atoms. The third-order valence-electron chi connectivity index (χ3n) is 3.97. The number of nitrogens with one attached hydrogen (secondary N) is 2. The number of carbonyl (C=O) groups is 1. The fraction of sp³-hybridized carbons (Fsp3) is 0.316. The van der Waals surface area contributed by atoms with Crippen molar-refractivity contribution in [2.75, 3.05) is 37.5 Å². The first-order valence-electron chi connectivity index (χ1n) is 8.34. The molecule has 0 aliphatic carbocycles. The van der Waals surface area contributed by atoms with Crippen LogP contribution in [0, 0.1) is 6.92 Å². The standard InChI is InChI=1S/C19H21ClN2O4/c1-12-9-15(17(24-2)11-14(12)20)21-6-5-19(23)22-13-3-4-16-18(10-13)26-8-7-25-16/h3-4,9-11,21H,5-8H2,1-2H3,(H,22,23). The number of aryl methyl sites for hydroxylation is 1. The van der Waals surface area contributed by atoms with Crippen molar-refractivity contribution < 1.29 is 19.0 Å². The molecule has 0 fully saturated rings. The van der Waals surface area contributed by atoms with Crippen LogP contribution in [0.1, 0.15) is 12.0 Å². The van der Waals surface area contributed by atoms with Crippen LogP contribution in [0.5, 0.6) is 17.2 Å². The van der Waals surface area contributed by atoms with E-state index in [0.717, 1.165) is 11.3 Å². The van der Waals surface area contributed by atoms with Crippen LogP contribution in [-0.4, -0.2) is 32.8 Å². The molecule has 0 saturated carbocycles. The molecule has 2 aromatic carbocycles. The highest BCUT2D eigenvalue weighted by Gasteiger charge is 2.13. The number of amides is 1. The predicted molar refractivity (Wildman–Crippen MR) is 102 cm³/mol. The van der Waals surface area contributed by atoms with Gasteiger partial charge in [0.2, 0.25) is 5.91 Å². The Morgan fingerprint density at radius 3 is 2.73 bits per heavy atom. The summed E-state index contributed by atoms with van der Waals surface area (Å²) in [5, 5.41) is 6.71. The fourth-order valence-corrected chi connectivity index (χ4v) is 2.78. The Labute approximate surface area is 157 Å². The molecule has 6 nitrogen and oxygen atoms in total. The molecule has 0 atom stereocenters. The number of halogens is 1. The molecule has 26 heavy (non-hydrogen) atoms. The predicted octanol–water partition coefficient (Wildman–Crippen LogP) is 3.87. The lowest BCUT2D eigenvalue weighted by Crippen LogP contribution is -2.18. The molecular weight excluding hydrogens is 356 g/mol. The Hall–Kier alpha value is -2.60. The molecule has 2 aromatic rings. The zero-order chi connectivity index (χ0) is 18.5. The van der Waals surface area contributed by atoms with Gasteiger partial charge in [0.05, 0.1) is 12.8 Å². The maximum Gasteiger partial charge on any atom is 0.226 e. The number of fused-ring (bicyclic) bond motifs is 1. The van der Waals surface area contributed by atoms with Gasteiger partial charge in [-0.3, -0.25) is 4.79 Å². The molecule has 0 saturated heterocycles. The van der Waals surface area contributed by atoms with Gasteiger partial charge >= 0.3 is 0 Å². The Morgan fingerprint density at radius 1 is 1.19 bits per heavy atom. The summed E-state index contributed by atoms with van der Waals surface area (Å²) < 4.78 is 16.3. The second-order valence-corrected chi connectivity index (χ2v) is 6.29. The van der Waals surface area contributed by atoms with Crippen LogP contribution in [0.3, 0.4) is 0 Å². The van der Waals surface area contributed by atoms with E-state index in [1.165, 1.54) is 0 Å². The maximum absolute atomic E-state index is 12.2. The molecular formula is C19H21ClN2O4. The summed E-state index contributed by atoms with van der Waals surface area (Å²) in [4.78, 5) is 12.2. The van der Waals surface area contributed by atoms with Crippen molar-refractivity contribution in [2.24, 2.45) is 0 Å². The van der Waals surface area contributed by atoms with Crippen LogP contribution < -0.4 is 24.8 Å². The van der Waals surface area contributed by atoms with E-state index in [9.17, 15) is 4.79 Å². The number of rotatable bonds is 6. The summed E-state index contributed by atoms with van der Waals surface area (Å²) in [6.07, 6.45) is 0.305. The summed E-state index contributed by atoms with van der Waals surface area (Å²) in [6, 6.07) is 9.02. The number of benzene rings is 2. The maximum atomic E-state index is 12.2. The van der Waals surface area contributed by atoms with Crippen LogP contribution in [0.2, 0.25) is 5.02 Å². The zero-order valence-corrected chi connectivity index (χ0v) is 15.5. The van der Waals surface area contributed by atoms with Gasteiger partial charge in [-0.25, -0.2) is 0 Å². The zero-order valence-electron chi connectivity index (χ0n) is 14.7. The fourth-order valence-electron chi connectivity index (χ4n) is 2.63. The minimum atomic E-state index is -0.0983. The molecule has 0 bridgehead atoms. The lowest BCUT2D eigenvalue weighted by atomic mass is 10.2. The average Bonchev–Trinajstić information content (AvgIpc) is 2.64. The lowest BCUT2D eigenvalue weighted by Gasteiger charge is -2.19. The van der Waals surface area contributed by atoms with Gasteiger partial charge in [0.1, 0.15) is 19.0 Å². The van der Waals surface area contributed by atoms with E-state index in [4.69, 9.17) is 25.8 Å². The highest BCUT2D eigenvalue weighted by atomic mass is 35.5. The van der Waals surface area contributed by atoms with E-state index in [1.807, 2.05) is 13.0 Å². The normalized spacial score (nSPS) is 12.4. The quantitative estimate of drug-likeness (QED) is 0.801. The van der Waals surface area contributed by atoms with E-state index in [1.54, 1.807) is 31.4 Å². The van der Waals surface area contributed by atoms with Gasteiger partial charge < -0.3 is 24.8 Å². The van der Waals surface area contributed by atoms with E-state index in [0.29, 0.717) is 54.1 Å². The summed E-state index contributed by atoms with van der Waals surface area (Å²) in [5.74, 6) is 1.89. The van der Waals surface area contributed by atoms with Crippen molar-refractivity contribution in [3.05, 3.63) is 40.9 Å². The first kappa shape index (κ1) is 18.2. The SMILES string of the molecule is COc1cc(Cl)c(C)cc1NCCC(=O)Nc1ccc2c(c1)OCCO2. The van der Waals surface area contributed by atoms with Gasteiger partial charge in [0.15, 0.2) is 11.5 Å². The molecule has 138 valence electrons. The number of carbonyl (C=O) groups excluding carboxylic acids is 1. The summed E-state index contributed by atoms with van der Waals surface area (Å²) in [5.41, 5.74) is 2.43. The van der Waals surface area contributed by atoms with Crippen LogP contribution in [0.4, 0.5) is 11.4 Å². The van der Waals surface area contributed by atoms with E-state index in [2.05, 4.69) is 10.6 Å². The lowest BCUT2D eigenvalue weighted by molar-refractivity contribution is -0.115. The third-order valence-corrected chi connectivity index (χ3v) is 4.38. The smallest absolute Gasteiger partial charge is 0.226 e. The van der Waals surface area contributed by atoms with Gasteiger partial charge in [-0.1, -0.05) is 11.6 Å². The molecule has 0 unspecified atom stereocenters. The van der Waals surface area contributed by atoms with Crippen LogP contribution in [0.25, 0.3) is 0 Å². The van der Waals surface area contributed by atoms with Gasteiger partial charge in [-0.2, -0.15) is 0 Å². The molecule has 1 amide bonds. The molecule has 1 heterocycles. The van der Waals surface area contributed by atoms with E-state index >= 15 is 0 Å². The molecule has 7 heteroatoms. The molecule has 0 radical (unpaired) electrons. The minimum absolute atomic E-state index is 0.0983. The molecule has 1 aliphatic heterocycles. The Morgan fingerprint density at radius 2 is 1.96 bits per heavy atom. The number of anilines is 2. The van der Waals surface area contributed by atoms with Crippen molar-refractivity contribution in [3.8, 4) is 17.2 Å². The second kappa shape index (κ2) is 8.19. The van der Waals surface area contributed by atoms with Crippen molar-refractivity contribution in [1.82, 2.24) is 0 Å². The largest absolute Gasteiger partial charge is 0.495 e. The van der Waals surface area contributed by atoms with Gasteiger partial charge in [0, 0.05) is 35.8 Å². The van der Waals surface area contributed by atoms with Crippen molar-refractivity contribution in [2.45, 2.75) is 13.3 Å². The Balaban J connectivity index is 1.54. The number of hydrogen-bond acceptors (Lipinski definition) is 5. The van der Waals surface area contributed by atoms with Crippen LogP contribution in [0.15, 0.2) is 30.3 Å². The summed E-state index contributed by atoms with van der Waals surface area (Å²) >= 11 is 6.10. The number of hydrogen-bond donors (Lipinski definition) is 2. The number of methoxy groups -OCH3 is 1. The third kappa shape index (κ3) is 4.32. The van der Waals surface area contributed by atoms with Crippen LogP contribution in [-0.2, 0) is 4.79 Å². The topological polar surface area (TPSA) is 68.8 Å². The average molecular weight is 377 g/mol. The Bertz CT molecular complexity index is 810. The monoisotopic (exact) mass is 376 g/mol. The van der Waals surface area contributed by atoms with Gasteiger partial charge in [-0.15, -0.1) is 0 Å². The number of ether oxygens (including phenoxy) is 3. The summed E-state index contributed by atoms with van der Waals surface area (Å²) in [6.45, 7) is 3.43. The van der Waals surface area contributed by atoms with Crippen molar-refractivity contribution in [3.63, 3.8) is 0 Å². The molecule has 3 rings (SSSR count). The molecule has 2 N–H and O–H groups in total.